The predicted molar refractivity (Wildman–Crippen MR) is 115 cm³/mol. The van der Waals surface area contributed by atoms with Crippen LogP contribution in [0.5, 0.6) is 5.75 Å². The van der Waals surface area contributed by atoms with Crippen LogP contribution in [-0.2, 0) is 6.54 Å². The van der Waals surface area contributed by atoms with Crippen molar-refractivity contribution in [3.05, 3.63) is 41.7 Å². The first kappa shape index (κ1) is 21.7. The van der Waals surface area contributed by atoms with Crippen LogP contribution in [0.4, 0.5) is 0 Å². The lowest BCUT2D eigenvalue weighted by Crippen LogP contribution is -2.44. The number of para-hydroxylation sites is 1. The summed E-state index contributed by atoms with van der Waals surface area (Å²) in [6, 6.07) is 8.20. The molecule has 0 N–H and O–H groups in total. The zero-order valence-corrected chi connectivity index (χ0v) is 18.4. The molecule has 0 saturated carbocycles. The second-order valence-corrected chi connectivity index (χ2v) is 8.46. The number of ether oxygens (including phenoxy) is 1. The van der Waals surface area contributed by atoms with Crippen LogP contribution in [0.25, 0.3) is 0 Å². The molecule has 1 aliphatic rings. The molecular formula is C21H31N5O2S. The van der Waals surface area contributed by atoms with Crippen molar-refractivity contribution >= 4 is 17.6 Å². The molecule has 7 nitrogen and oxygen atoms in total. The topological polar surface area (TPSA) is 61.8 Å². The average molecular weight is 418 g/mol. The van der Waals surface area contributed by atoms with Gasteiger partial charge < -0.3 is 14.5 Å². The number of hydrogen-bond acceptors (Lipinski definition) is 7. The molecule has 1 saturated heterocycles. The molecule has 1 atom stereocenters. The van der Waals surface area contributed by atoms with E-state index in [4.69, 9.17) is 4.74 Å². The van der Waals surface area contributed by atoms with E-state index in [0.717, 1.165) is 63.0 Å². The summed E-state index contributed by atoms with van der Waals surface area (Å²) >= 11 is 1.08. The number of hydrogen-bond donors (Lipinski definition) is 0. The summed E-state index contributed by atoms with van der Waals surface area (Å²) in [6.07, 6.45) is 3.86. The molecule has 2 aromatic rings. The number of benzene rings is 1. The van der Waals surface area contributed by atoms with E-state index in [1.54, 1.807) is 13.3 Å². The second-order valence-electron chi connectivity index (χ2n) is 7.90. The molecule has 0 aliphatic carbocycles. The number of aromatic nitrogens is 2. The molecule has 0 unspecified atom stereocenters. The standard InChI is InChI=1S/C21H31N5O2S/c1-24(2)11-12-26(21(27)19-13-22-29-23-19)15-17-7-6-10-25(14-17)16-18-8-4-5-9-20(18)28-3/h4-5,8-9,13,17H,6-7,10-12,14-16H2,1-3H3/t17-/m1/s1. The van der Waals surface area contributed by atoms with Gasteiger partial charge in [-0.1, -0.05) is 18.2 Å². The van der Waals surface area contributed by atoms with Crippen molar-refractivity contribution in [3.8, 4) is 5.75 Å². The van der Waals surface area contributed by atoms with Crippen LogP contribution in [0, 0.1) is 5.92 Å². The SMILES string of the molecule is COc1ccccc1CN1CCC[C@@H](CN(CCN(C)C)C(=O)c2cnsn2)C1. The Kier molecular flexibility index (Phi) is 7.97. The summed E-state index contributed by atoms with van der Waals surface area (Å²) < 4.78 is 13.7. The predicted octanol–water partition coefficient (Wildman–Crippen LogP) is 2.46. The monoisotopic (exact) mass is 417 g/mol. The van der Waals surface area contributed by atoms with Crippen LogP contribution >= 0.6 is 11.7 Å². The Balaban J connectivity index is 1.63. The fraction of sp³-hybridized carbons (Fsp3) is 0.571. The van der Waals surface area contributed by atoms with Crippen LogP contribution in [0.2, 0.25) is 0 Å². The van der Waals surface area contributed by atoms with Gasteiger partial charge in [-0.2, -0.15) is 8.75 Å². The third-order valence-corrected chi connectivity index (χ3v) is 5.83. The Morgan fingerprint density at radius 1 is 1.31 bits per heavy atom. The van der Waals surface area contributed by atoms with E-state index >= 15 is 0 Å². The molecule has 3 rings (SSSR count). The number of piperidine rings is 1. The van der Waals surface area contributed by atoms with Crippen LogP contribution in [0.1, 0.15) is 28.9 Å². The van der Waals surface area contributed by atoms with Gasteiger partial charge in [0.25, 0.3) is 5.91 Å². The smallest absolute Gasteiger partial charge is 0.275 e. The van der Waals surface area contributed by atoms with Gasteiger partial charge in [-0.25, -0.2) is 0 Å². The van der Waals surface area contributed by atoms with Crippen molar-refractivity contribution in [1.29, 1.82) is 0 Å². The van der Waals surface area contributed by atoms with Gasteiger partial charge >= 0.3 is 0 Å². The quantitative estimate of drug-likeness (QED) is 0.625. The van der Waals surface area contributed by atoms with Gasteiger partial charge in [-0.05, 0) is 45.5 Å². The van der Waals surface area contributed by atoms with Crippen LogP contribution in [0.15, 0.2) is 30.5 Å². The minimum absolute atomic E-state index is 0.0116. The lowest BCUT2D eigenvalue weighted by Gasteiger charge is -2.36. The summed E-state index contributed by atoms with van der Waals surface area (Å²) in [6.45, 7) is 5.23. The highest BCUT2D eigenvalue weighted by molar-refractivity contribution is 6.99. The van der Waals surface area contributed by atoms with Crippen LogP contribution in [0.3, 0.4) is 0 Å². The maximum Gasteiger partial charge on any atom is 0.275 e. The molecule has 2 heterocycles. The summed E-state index contributed by atoms with van der Waals surface area (Å²) in [7, 11) is 5.78. The molecule has 0 radical (unpaired) electrons. The molecule has 1 aromatic carbocycles. The minimum atomic E-state index is -0.0116. The molecule has 0 spiro atoms. The number of likely N-dealkylation sites (N-methyl/N-ethyl adjacent to an activating group) is 1. The zero-order chi connectivity index (χ0) is 20.6. The second kappa shape index (κ2) is 10.7. The maximum absolute atomic E-state index is 12.9. The number of carbonyl (C=O) groups is 1. The largest absolute Gasteiger partial charge is 0.496 e. The third-order valence-electron chi connectivity index (χ3n) is 5.35. The molecule has 1 amide bonds. The van der Waals surface area contributed by atoms with E-state index in [0.29, 0.717) is 18.2 Å². The van der Waals surface area contributed by atoms with E-state index in [2.05, 4.69) is 30.7 Å². The van der Waals surface area contributed by atoms with E-state index < -0.39 is 0 Å². The third kappa shape index (κ3) is 6.22. The number of carbonyl (C=O) groups excluding carboxylic acids is 1. The highest BCUT2D eigenvalue weighted by Gasteiger charge is 2.26. The molecule has 1 aliphatic heterocycles. The van der Waals surface area contributed by atoms with Crippen molar-refractivity contribution < 1.29 is 9.53 Å². The van der Waals surface area contributed by atoms with Gasteiger partial charge in [0.2, 0.25) is 0 Å². The fourth-order valence-corrected chi connectivity index (χ4v) is 4.25. The minimum Gasteiger partial charge on any atom is -0.496 e. The Morgan fingerprint density at radius 3 is 2.86 bits per heavy atom. The normalized spacial score (nSPS) is 17.4. The van der Waals surface area contributed by atoms with Crippen molar-refractivity contribution in [2.24, 2.45) is 5.92 Å². The first-order valence-electron chi connectivity index (χ1n) is 10.1. The maximum atomic E-state index is 12.9. The molecule has 158 valence electrons. The lowest BCUT2D eigenvalue weighted by molar-refractivity contribution is 0.0655. The van der Waals surface area contributed by atoms with Gasteiger partial charge in [-0.3, -0.25) is 9.69 Å². The first-order chi connectivity index (χ1) is 14.1. The summed E-state index contributed by atoms with van der Waals surface area (Å²) in [5, 5.41) is 0. The number of rotatable bonds is 9. The number of amides is 1. The molecule has 0 bridgehead atoms. The molecule has 1 fully saturated rings. The lowest BCUT2D eigenvalue weighted by atomic mass is 9.96. The Morgan fingerprint density at radius 2 is 2.14 bits per heavy atom. The van der Waals surface area contributed by atoms with E-state index in [9.17, 15) is 4.79 Å². The number of likely N-dealkylation sites (tertiary alicyclic amines) is 1. The number of methoxy groups -OCH3 is 1. The van der Waals surface area contributed by atoms with Crippen LogP contribution in [-0.4, -0.2) is 83.3 Å². The van der Waals surface area contributed by atoms with Crippen molar-refractivity contribution in [3.63, 3.8) is 0 Å². The first-order valence-corrected chi connectivity index (χ1v) is 10.9. The fourth-order valence-electron chi connectivity index (χ4n) is 3.85. The Hall–Kier alpha value is -2.03. The van der Waals surface area contributed by atoms with Gasteiger partial charge in [-0.15, -0.1) is 0 Å². The van der Waals surface area contributed by atoms with Gasteiger partial charge in [0.05, 0.1) is 25.0 Å². The summed E-state index contributed by atoms with van der Waals surface area (Å²) in [4.78, 5) is 19.5. The van der Waals surface area contributed by atoms with Crippen LogP contribution < -0.4 is 4.74 Å². The Bertz CT molecular complexity index is 768. The summed E-state index contributed by atoms with van der Waals surface area (Å²) in [5.41, 5.74) is 1.67. The van der Waals surface area contributed by atoms with Crippen molar-refractivity contribution in [2.45, 2.75) is 19.4 Å². The average Bonchev–Trinajstić information content (AvgIpc) is 3.26. The van der Waals surface area contributed by atoms with Gasteiger partial charge in [0.1, 0.15) is 5.75 Å². The number of nitrogens with zero attached hydrogens (tertiary/aromatic N) is 5. The van der Waals surface area contributed by atoms with Crippen molar-refractivity contribution in [1.82, 2.24) is 23.4 Å². The Labute approximate surface area is 177 Å². The highest BCUT2D eigenvalue weighted by Crippen LogP contribution is 2.24. The van der Waals surface area contributed by atoms with E-state index in [-0.39, 0.29) is 5.91 Å². The van der Waals surface area contributed by atoms with E-state index in [1.165, 1.54) is 5.56 Å². The highest BCUT2D eigenvalue weighted by atomic mass is 32.1. The molecule has 29 heavy (non-hydrogen) atoms. The molecule has 8 heteroatoms. The van der Waals surface area contributed by atoms with Gasteiger partial charge in [0, 0.05) is 38.3 Å². The van der Waals surface area contributed by atoms with E-state index in [1.807, 2.05) is 31.1 Å². The summed E-state index contributed by atoms with van der Waals surface area (Å²) in [5.74, 6) is 1.38. The zero-order valence-electron chi connectivity index (χ0n) is 17.6. The molecule has 1 aromatic heterocycles. The van der Waals surface area contributed by atoms with Gasteiger partial charge in [0.15, 0.2) is 5.69 Å². The van der Waals surface area contributed by atoms with Crippen molar-refractivity contribution in [2.75, 3.05) is 53.9 Å². The molecular weight excluding hydrogens is 386 g/mol.